The predicted molar refractivity (Wildman–Crippen MR) is 64.5 cm³/mol. The maximum Gasteiger partial charge on any atom is 0.183 e. The van der Waals surface area contributed by atoms with Crippen molar-refractivity contribution in [3.8, 4) is 11.4 Å². The Morgan fingerprint density at radius 2 is 1.69 bits per heavy atom. The monoisotopic (exact) mass is 233 g/mol. The summed E-state index contributed by atoms with van der Waals surface area (Å²) in [6.07, 6.45) is 1.43. The molecule has 3 nitrogen and oxygen atoms in total. The lowest BCUT2D eigenvalue weighted by atomic mass is 10.0. The zero-order valence-corrected chi connectivity index (χ0v) is 10.2. The second kappa shape index (κ2) is 4.18. The summed E-state index contributed by atoms with van der Waals surface area (Å²) in [5, 5.41) is 8.17. The maximum atomic E-state index is 5.80. The van der Waals surface area contributed by atoms with E-state index in [2.05, 4.69) is 41.2 Å². The van der Waals surface area contributed by atoms with Gasteiger partial charge in [-0.3, -0.25) is 0 Å². The number of hydrogen-bond donors (Lipinski definition) is 0. The molecule has 0 unspecified atom stereocenters. The van der Waals surface area contributed by atoms with Gasteiger partial charge in [-0.1, -0.05) is 17.7 Å². The van der Waals surface area contributed by atoms with Crippen molar-refractivity contribution in [3.63, 3.8) is 0 Å². The highest BCUT2D eigenvalue weighted by molar-refractivity contribution is 6.29. The van der Waals surface area contributed by atoms with Crippen LogP contribution in [0.2, 0.25) is 5.15 Å². The lowest BCUT2D eigenvalue weighted by molar-refractivity contribution is 0.977. The molecule has 0 spiro atoms. The third-order valence-electron chi connectivity index (χ3n) is 2.61. The van der Waals surface area contributed by atoms with Crippen molar-refractivity contribution in [1.82, 2.24) is 15.2 Å². The van der Waals surface area contributed by atoms with Crippen LogP contribution in [0.15, 0.2) is 18.3 Å². The molecule has 0 aliphatic carbocycles. The van der Waals surface area contributed by atoms with Crippen LogP contribution in [0.5, 0.6) is 0 Å². The molecule has 4 heteroatoms. The first-order valence-corrected chi connectivity index (χ1v) is 5.39. The molecule has 0 fully saturated rings. The summed E-state index contributed by atoms with van der Waals surface area (Å²) in [5.74, 6) is 0.577. The number of benzene rings is 1. The maximum absolute atomic E-state index is 5.80. The first kappa shape index (κ1) is 11.0. The standard InChI is InChI=1S/C12H12ClN3/c1-7-4-9(3)10(5-8(7)2)12-15-11(13)6-14-16-12/h4-6H,1-3H3. The molecule has 1 aromatic heterocycles. The Morgan fingerprint density at radius 1 is 1.00 bits per heavy atom. The fourth-order valence-corrected chi connectivity index (χ4v) is 1.72. The third-order valence-corrected chi connectivity index (χ3v) is 2.79. The molecule has 1 heterocycles. The highest BCUT2D eigenvalue weighted by Gasteiger charge is 2.08. The minimum Gasteiger partial charge on any atom is -0.213 e. The number of aromatic nitrogens is 3. The van der Waals surface area contributed by atoms with Gasteiger partial charge in [-0.2, -0.15) is 5.10 Å². The molecular formula is C12H12ClN3. The van der Waals surface area contributed by atoms with Crippen LogP contribution in [-0.2, 0) is 0 Å². The molecule has 0 saturated heterocycles. The third kappa shape index (κ3) is 2.04. The predicted octanol–water partition coefficient (Wildman–Crippen LogP) is 3.12. The second-order valence-electron chi connectivity index (χ2n) is 3.85. The molecule has 1 aromatic carbocycles. The van der Waals surface area contributed by atoms with Gasteiger partial charge in [-0.15, -0.1) is 5.10 Å². The fraction of sp³-hybridized carbons (Fsp3) is 0.250. The van der Waals surface area contributed by atoms with Crippen LogP contribution in [0.4, 0.5) is 0 Å². The van der Waals surface area contributed by atoms with Crippen molar-refractivity contribution in [2.24, 2.45) is 0 Å². The summed E-state index contributed by atoms with van der Waals surface area (Å²) in [5.41, 5.74) is 4.59. The van der Waals surface area contributed by atoms with E-state index >= 15 is 0 Å². The Balaban J connectivity index is 2.60. The second-order valence-corrected chi connectivity index (χ2v) is 4.24. The van der Waals surface area contributed by atoms with Gasteiger partial charge >= 0.3 is 0 Å². The minimum absolute atomic E-state index is 0.364. The zero-order valence-electron chi connectivity index (χ0n) is 9.45. The average Bonchev–Trinajstić information content (AvgIpc) is 2.23. The molecule has 0 radical (unpaired) electrons. The van der Waals surface area contributed by atoms with E-state index < -0.39 is 0 Å². The Morgan fingerprint density at radius 3 is 2.38 bits per heavy atom. The number of nitrogens with zero attached hydrogens (tertiary/aromatic N) is 3. The molecule has 0 aliphatic heterocycles. The molecular weight excluding hydrogens is 222 g/mol. The Kier molecular flexibility index (Phi) is 2.88. The zero-order chi connectivity index (χ0) is 11.7. The molecule has 0 atom stereocenters. The van der Waals surface area contributed by atoms with E-state index in [0.29, 0.717) is 11.0 Å². The van der Waals surface area contributed by atoms with E-state index in [4.69, 9.17) is 11.6 Å². The Hall–Kier alpha value is -1.48. The smallest absolute Gasteiger partial charge is 0.183 e. The molecule has 16 heavy (non-hydrogen) atoms. The normalized spacial score (nSPS) is 10.5. The van der Waals surface area contributed by atoms with Gasteiger partial charge in [0.05, 0.1) is 6.20 Å². The average molecular weight is 234 g/mol. The number of halogens is 1. The first-order chi connectivity index (χ1) is 7.58. The van der Waals surface area contributed by atoms with Crippen LogP contribution < -0.4 is 0 Å². The molecule has 2 aromatic rings. The summed E-state index contributed by atoms with van der Waals surface area (Å²) < 4.78 is 0. The van der Waals surface area contributed by atoms with Crippen molar-refractivity contribution < 1.29 is 0 Å². The molecule has 0 amide bonds. The summed E-state index contributed by atoms with van der Waals surface area (Å²) in [7, 11) is 0. The van der Waals surface area contributed by atoms with Crippen molar-refractivity contribution >= 4 is 11.6 Å². The van der Waals surface area contributed by atoms with Crippen LogP contribution in [-0.4, -0.2) is 15.2 Å². The fourth-order valence-electron chi connectivity index (χ4n) is 1.60. The van der Waals surface area contributed by atoms with Gasteiger partial charge < -0.3 is 0 Å². The highest BCUT2D eigenvalue weighted by atomic mass is 35.5. The van der Waals surface area contributed by atoms with Crippen LogP contribution in [0.1, 0.15) is 16.7 Å². The van der Waals surface area contributed by atoms with E-state index in [1.165, 1.54) is 17.3 Å². The summed E-state index contributed by atoms with van der Waals surface area (Å²) in [6, 6.07) is 4.19. The van der Waals surface area contributed by atoms with Crippen molar-refractivity contribution in [2.75, 3.05) is 0 Å². The summed E-state index contributed by atoms with van der Waals surface area (Å²) in [4.78, 5) is 4.17. The van der Waals surface area contributed by atoms with Crippen LogP contribution in [0.3, 0.4) is 0 Å². The quantitative estimate of drug-likeness (QED) is 0.760. The molecule has 0 N–H and O–H groups in total. The topological polar surface area (TPSA) is 38.7 Å². The van der Waals surface area contributed by atoms with Gasteiger partial charge in [-0.05, 0) is 43.5 Å². The van der Waals surface area contributed by atoms with Gasteiger partial charge in [0.1, 0.15) is 0 Å². The van der Waals surface area contributed by atoms with Crippen molar-refractivity contribution in [3.05, 3.63) is 40.2 Å². The molecule has 0 saturated carbocycles. The number of aryl methyl sites for hydroxylation is 3. The van der Waals surface area contributed by atoms with Crippen LogP contribution >= 0.6 is 11.6 Å². The van der Waals surface area contributed by atoms with E-state index in [0.717, 1.165) is 11.1 Å². The minimum atomic E-state index is 0.364. The lowest BCUT2D eigenvalue weighted by Gasteiger charge is -2.07. The van der Waals surface area contributed by atoms with Crippen molar-refractivity contribution in [2.45, 2.75) is 20.8 Å². The Labute approximate surface area is 99.5 Å². The SMILES string of the molecule is Cc1cc(C)c(-c2nncc(Cl)n2)cc1C. The number of hydrogen-bond acceptors (Lipinski definition) is 3. The lowest BCUT2D eigenvalue weighted by Crippen LogP contribution is -1.95. The van der Waals surface area contributed by atoms with Crippen molar-refractivity contribution in [1.29, 1.82) is 0 Å². The van der Waals surface area contributed by atoms with Gasteiger partial charge in [-0.25, -0.2) is 4.98 Å². The van der Waals surface area contributed by atoms with Crippen LogP contribution in [0.25, 0.3) is 11.4 Å². The van der Waals surface area contributed by atoms with E-state index in [1.807, 2.05) is 6.92 Å². The largest absolute Gasteiger partial charge is 0.213 e. The molecule has 0 bridgehead atoms. The van der Waals surface area contributed by atoms with Gasteiger partial charge in [0.2, 0.25) is 0 Å². The van der Waals surface area contributed by atoms with E-state index in [1.54, 1.807) is 0 Å². The molecule has 0 aliphatic rings. The van der Waals surface area contributed by atoms with Crippen LogP contribution in [0, 0.1) is 20.8 Å². The Bertz CT molecular complexity index is 538. The summed E-state index contributed by atoms with van der Waals surface area (Å²) in [6.45, 7) is 6.19. The van der Waals surface area contributed by atoms with E-state index in [9.17, 15) is 0 Å². The number of rotatable bonds is 1. The summed E-state index contributed by atoms with van der Waals surface area (Å²) >= 11 is 5.80. The van der Waals surface area contributed by atoms with E-state index in [-0.39, 0.29) is 0 Å². The van der Waals surface area contributed by atoms with Gasteiger partial charge in [0.25, 0.3) is 0 Å². The molecule has 82 valence electrons. The highest BCUT2D eigenvalue weighted by Crippen LogP contribution is 2.23. The van der Waals surface area contributed by atoms with Gasteiger partial charge in [0, 0.05) is 5.56 Å². The molecule has 2 rings (SSSR count). The first-order valence-electron chi connectivity index (χ1n) is 5.01. The van der Waals surface area contributed by atoms with Gasteiger partial charge in [0.15, 0.2) is 11.0 Å².